The van der Waals surface area contributed by atoms with Gasteiger partial charge in [-0.2, -0.15) is 9.61 Å². The van der Waals surface area contributed by atoms with Gasteiger partial charge in [-0.25, -0.2) is 8.42 Å². The van der Waals surface area contributed by atoms with Crippen LogP contribution >= 0.6 is 11.6 Å². The van der Waals surface area contributed by atoms with Crippen LogP contribution in [-0.2, 0) is 10.0 Å². The fourth-order valence-electron chi connectivity index (χ4n) is 2.86. The first-order valence-corrected chi connectivity index (χ1v) is 10.4. The van der Waals surface area contributed by atoms with Crippen molar-refractivity contribution in [3.63, 3.8) is 0 Å². The summed E-state index contributed by atoms with van der Waals surface area (Å²) in [5.41, 5.74) is 2.41. The quantitative estimate of drug-likeness (QED) is 0.520. The Labute approximate surface area is 172 Å². The van der Waals surface area contributed by atoms with Crippen molar-refractivity contribution in [3.05, 3.63) is 65.4 Å². The highest BCUT2D eigenvalue weighted by molar-refractivity contribution is 7.92. The highest BCUT2D eigenvalue weighted by Crippen LogP contribution is 2.29. The first-order chi connectivity index (χ1) is 13.9. The van der Waals surface area contributed by atoms with Gasteiger partial charge in [0, 0.05) is 16.3 Å². The Hall–Kier alpha value is -3.17. The molecule has 0 bridgehead atoms. The second-order valence-corrected chi connectivity index (χ2v) is 8.30. The Morgan fingerprint density at radius 3 is 2.69 bits per heavy atom. The van der Waals surface area contributed by atoms with Gasteiger partial charge in [-0.15, -0.1) is 10.2 Å². The van der Waals surface area contributed by atoms with Crippen molar-refractivity contribution in [1.82, 2.24) is 19.8 Å². The summed E-state index contributed by atoms with van der Waals surface area (Å²) < 4.78 is 35.1. The molecular weight excluding hydrogens is 414 g/mol. The van der Waals surface area contributed by atoms with E-state index in [1.54, 1.807) is 47.8 Å². The second-order valence-electron chi connectivity index (χ2n) is 6.22. The lowest BCUT2D eigenvalue weighted by Crippen LogP contribution is -2.14. The van der Waals surface area contributed by atoms with Crippen molar-refractivity contribution >= 4 is 33.0 Å². The van der Waals surface area contributed by atoms with Crippen LogP contribution in [0.5, 0.6) is 5.75 Å². The highest BCUT2D eigenvalue weighted by atomic mass is 35.5. The zero-order valence-corrected chi connectivity index (χ0v) is 17.1. The molecule has 8 nitrogen and oxygen atoms in total. The fraction of sp³-hybridized carbons (Fsp3) is 0.105. The summed E-state index contributed by atoms with van der Waals surface area (Å²) in [4.78, 5) is -0.0439. The average molecular weight is 430 g/mol. The maximum atomic E-state index is 12.9. The molecule has 10 heteroatoms. The lowest BCUT2D eigenvalue weighted by molar-refractivity contribution is 0.403. The number of benzene rings is 2. The van der Waals surface area contributed by atoms with Gasteiger partial charge in [0.1, 0.15) is 10.6 Å². The van der Waals surface area contributed by atoms with E-state index in [1.807, 2.05) is 6.07 Å². The molecule has 0 saturated carbocycles. The van der Waals surface area contributed by atoms with Gasteiger partial charge in [0.25, 0.3) is 10.0 Å². The average Bonchev–Trinajstić information content (AvgIpc) is 3.08. The summed E-state index contributed by atoms with van der Waals surface area (Å²) in [5.74, 6) is 0.861. The van der Waals surface area contributed by atoms with Crippen molar-refractivity contribution in [2.24, 2.45) is 0 Å². The molecule has 0 fully saturated rings. The molecule has 4 rings (SSSR count). The van der Waals surface area contributed by atoms with Crippen LogP contribution < -0.4 is 9.46 Å². The number of halogens is 1. The Morgan fingerprint density at radius 2 is 1.90 bits per heavy atom. The van der Waals surface area contributed by atoms with Gasteiger partial charge < -0.3 is 4.74 Å². The van der Waals surface area contributed by atoms with E-state index in [1.165, 1.54) is 19.2 Å². The van der Waals surface area contributed by atoms with Crippen LogP contribution in [-0.4, -0.2) is 35.3 Å². The number of nitrogens with one attached hydrogen (secondary N) is 1. The van der Waals surface area contributed by atoms with Crippen LogP contribution in [0.1, 0.15) is 5.82 Å². The van der Waals surface area contributed by atoms with E-state index in [4.69, 9.17) is 16.3 Å². The largest absolute Gasteiger partial charge is 0.495 e. The number of rotatable bonds is 5. The predicted molar refractivity (Wildman–Crippen MR) is 110 cm³/mol. The van der Waals surface area contributed by atoms with Crippen LogP contribution in [0.25, 0.3) is 16.9 Å². The molecular formula is C19H16ClN5O3S. The summed E-state index contributed by atoms with van der Waals surface area (Å²) in [5, 5.41) is 12.8. The molecule has 0 amide bonds. The van der Waals surface area contributed by atoms with E-state index in [0.717, 1.165) is 5.56 Å². The summed E-state index contributed by atoms with van der Waals surface area (Å²) in [6.45, 7) is 1.81. The third kappa shape index (κ3) is 3.74. The molecule has 0 aliphatic rings. The Kier molecular flexibility index (Phi) is 4.85. The first-order valence-electron chi connectivity index (χ1n) is 8.53. The van der Waals surface area contributed by atoms with E-state index in [2.05, 4.69) is 20.0 Å². The molecule has 148 valence electrons. The second kappa shape index (κ2) is 7.34. The van der Waals surface area contributed by atoms with Crippen LogP contribution in [0.15, 0.2) is 59.5 Å². The number of aromatic nitrogens is 4. The van der Waals surface area contributed by atoms with Crippen molar-refractivity contribution in [3.8, 4) is 17.0 Å². The van der Waals surface area contributed by atoms with Gasteiger partial charge in [-0.1, -0.05) is 23.7 Å². The highest BCUT2D eigenvalue weighted by Gasteiger charge is 2.20. The molecule has 29 heavy (non-hydrogen) atoms. The smallest absolute Gasteiger partial charge is 0.265 e. The minimum Gasteiger partial charge on any atom is -0.495 e. The summed E-state index contributed by atoms with van der Waals surface area (Å²) in [7, 11) is -2.51. The van der Waals surface area contributed by atoms with Gasteiger partial charge in [0.15, 0.2) is 11.5 Å². The fourth-order valence-corrected chi connectivity index (χ4v) is 4.35. The van der Waals surface area contributed by atoms with Crippen LogP contribution in [0.2, 0.25) is 5.02 Å². The third-order valence-electron chi connectivity index (χ3n) is 4.24. The number of sulfonamides is 1. The number of anilines is 1. The SMILES string of the molecule is COc1ccc(Cl)cc1S(=O)(=O)Nc1cccc(-c2ccc3nnc(C)n3n2)c1. The Balaban J connectivity index is 1.70. The van der Waals surface area contributed by atoms with Crippen molar-refractivity contribution in [1.29, 1.82) is 0 Å². The Morgan fingerprint density at radius 1 is 1.07 bits per heavy atom. The number of hydrogen-bond acceptors (Lipinski definition) is 6. The number of hydrogen-bond donors (Lipinski definition) is 1. The van der Waals surface area contributed by atoms with Crippen molar-refractivity contribution < 1.29 is 13.2 Å². The molecule has 0 aliphatic carbocycles. The van der Waals surface area contributed by atoms with E-state index < -0.39 is 10.0 Å². The predicted octanol–water partition coefficient (Wildman–Crippen LogP) is 3.56. The molecule has 2 aromatic carbocycles. The van der Waals surface area contributed by atoms with Crippen LogP contribution in [0, 0.1) is 6.92 Å². The number of ether oxygens (including phenoxy) is 1. The molecule has 0 unspecified atom stereocenters. The molecule has 0 radical (unpaired) electrons. The maximum absolute atomic E-state index is 12.9. The molecule has 0 spiro atoms. The topological polar surface area (TPSA) is 98.5 Å². The summed E-state index contributed by atoms with van der Waals surface area (Å²) >= 11 is 5.97. The molecule has 0 atom stereocenters. The van der Waals surface area contributed by atoms with E-state index >= 15 is 0 Å². The van der Waals surface area contributed by atoms with Crippen LogP contribution in [0.4, 0.5) is 5.69 Å². The van der Waals surface area contributed by atoms with Gasteiger partial charge in [-0.05, 0) is 49.4 Å². The van der Waals surface area contributed by atoms with Crippen molar-refractivity contribution in [2.45, 2.75) is 11.8 Å². The van der Waals surface area contributed by atoms with Gasteiger partial charge in [0.05, 0.1) is 12.8 Å². The lowest BCUT2D eigenvalue weighted by Gasteiger charge is -2.12. The molecule has 1 N–H and O–H groups in total. The van der Waals surface area contributed by atoms with Gasteiger partial charge in [0.2, 0.25) is 0 Å². The summed E-state index contributed by atoms with van der Waals surface area (Å²) in [6, 6.07) is 15.0. The standard InChI is InChI=1S/C19H16ClN5O3S/c1-12-21-22-19-9-7-16(23-25(12)19)13-4-3-5-15(10-13)24-29(26,27)18-11-14(20)6-8-17(18)28-2/h3-11,24H,1-2H3. The molecule has 2 heterocycles. The summed E-state index contributed by atoms with van der Waals surface area (Å²) in [6.07, 6.45) is 0. The number of methoxy groups -OCH3 is 1. The van der Waals surface area contributed by atoms with Gasteiger partial charge in [-0.3, -0.25) is 4.72 Å². The van der Waals surface area contributed by atoms with E-state index in [0.29, 0.717) is 27.9 Å². The zero-order valence-electron chi connectivity index (χ0n) is 15.5. The minimum atomic E-state index is -3.92. The number of fused-ring (bicyclic) bond motifs is 1. The number of aryl methyl sites for hydroxylation is 1. The first kappa shape index (κ1) is 19.2. The van der Waals surface area contributed by atoms with Crippen molar-refractivity contribution in [2.75, 3.05) is 11.8 Å². The normalized spacial score (nSPS) is 11.6. The molecule has 4 aromatic rings. The van der Waals surface area contributed by atoms with Gasteiger partial charge >= 0.3 is 0 Å². The minimum absolute atomic E-state index is 0.0439. The molecule has 0 saturated heterocycles. The number of nitrogens with zero attached hydrogens (tertiary/aromatic N) is 4. The maximum Gasteiger partial charge on any atom is 0.265 e. The molecule has 0 aliphatic heterocycles. The lowest BCUT2D eigenvalue weighted by atomic mass is 10.1. The monoisotopic (exact) mass is 429 g/mol. The van der Waals surface area contributed by atoms with E-state index in [9.17, 15) is 8.42 Å². The zero-order chi connectivity index (χ0) is 20.6. The third-order valence-corrected chi connectivity index (χ3v) is 5.88. The van der Waals surface area contributed by atoms with E-state index in [-0.39, 0.29) is 10.6 Å². The Bertz CT molecular complexity index is 1320. The van der Waals surface area contributed by atoms with Crippen LogP contribution in [0.3, 0.4) is 0 Å². The molecule has 2 aromatic heterocycles.